The van der Waals surface area contributed by atoms with Crippen molar-refractivity contribution in [3.05, 3.63) is 52.0 Å². The van der Waals surface area contributed by atoms with Crippen LogP contribution in [0.3, 0.4) is 0 Å². The molecule has 84 heavy (non-hydrogen) atoms. The third kappa shape index (κ3) is 22.9. The topological polar surface area (TPSA) is 301 Å². The molecular weight excluding hydrogens is 1100 g/mol. The Morgan fingerprint density at radius 3 is 2.02 bits per heavy atom. The van der Waals surface area contributed by atoms with Crippen molar-refractivity contribution < 1.29 is 67.3 Å². The van der Waals surface area contributed by atoms with Crippen LogP contribution in [0.5, 0.6) is 5.75 Å². The molecule has 1 aromatic carbocycles. The van der Waals surface area contributed by atoms with E-state index in [2.05, 4.69) is 31.6 Å². The summed E-state index contributed by atoms with van der Waals surface area (Å²) in [6.45, 7) is 24.7. The number of carbonyl (C=O) groups is 10. The number of rotatable bonds is 31. The van der Waals surface area contributed by atoms with Crippen LogP contribution in [0.1, 0.15) is 175 Å². The van der Waals surface area contributed by atoms with Crippen LogP contribution in [0.25, 0.3) is 0 Å². The van der Waals surface area contributed by atoms with Crippen molar-refractivity contribution in [2.75, 3.05) is 39.5 Å². The van der Waals surface area contributed by atoms with Gasteiger partial charge in [0.2, 0.25) is 23.6 Å². The number of carbonyl (C=O) groups excluding carboxylic acids is 10. The number of likely N-dealkylation sites (N-methyl/N-ethyl adjacent to an activating group) is 2. The lowest BCUT2D eigenvalue weighted by atomic mass is 9.92. The van der Waals surface area contributed by atoms with Gasteiger partial charge in [-0.05, 0) is 138 Å². The first-order chi connectivity index (χ1) is 38.9. The monoisotopic (exact) mass is 1200 g/mol. The molecule has 0 bridgehead atoms. The average molecular weight is 1200 g/mol. The zero-order valence-corrected chi connectivity index (χ0v) is 53.1. The zero-order chi connectivity index (χ0) is 63.6. The Kier molecular flexibility index (Phi) is 27.0. The number of nitrogens with zero attached hydrogens (tertiary/aromatic N) is 4. The number of thiazole rings is 1. The number of alkyl carbamates (subject to hydrolysis) is 1. The highest BCUT2D eigenvalue weighted by Crippen LogP contribution is 2.32. The first kappa shape index (κ1) is 71.3. The SMILES string of the molecule is CC[C@H](C)[C@H](NC(=O)C(C)(C)N(C)C)C(=O)N(C)[C@H](C[C@@H](OC(C)=O)c1nc(C(=O)N[C@@H](Cc2ccc(O)c(NC(=O)CCCN3C(=O)C=CC3=O)c2)CC(C)C(=O)NC(CCCCNC(=O)OC(C)(C)C)C(=O)OC(C)(C)C)cs1)C(C)C. The summed E-state index contributed by atoms with van der Waals surface area (Å²) in [4.78, 5) is 141. The van der Waals surface area contributed by atoms with Gasteiger partial charge in [-0.15, -0.1) is 11.3 Å². The predicted molar refractivity (Wildman–Crippen MR) is 318 cm³/mol. The lowest BCUT2D eigenvalue weighted by Crippen LogP contribution is -2.60. The minimum Gasteiger partial charge on any atom is -0.506 e. The molecule has 0 radical (unpaired) electrons. The van der Waals surface area contributed by atoms with Gasteiger partial charge in [-0.25, -0.2) is 14.6 Å². The van der Waals surface area contributed by atoms with Crippen LogP contribution in [-0.4, -0.2) is 159 Å². The first-order valence-corrected chi connectivity index (χ1v) is 29.7. The Morgan fingerprint density at radius 2 is 1.45 bits per heavy atom. The molecule has 1 aliphatic rings. The minimum absolute atomic E-state index is 0.00196. The van der Waals surface area contributed by atoms with E-state index in [0.29, 0.717) is 24.8 Å². The van der Waals surface area contributed by atoms with Crippen molar-refractivity contribution in [1.29, 1.82) is 0 Å². The van der Waals surface area contributed by atoms with Crippen LogP contribution in [0.4, 0.5) is 10.5 Å². The molecule has 6 N–H and O–H groups in total. The van der Waals surface area contributed by atoms with E-state index >= 15 is 0 Å². The molecule has 0 fully saturated rings. The van der Waals surface area contributed by atoms with Crippen molar-refractivity contribution in [3.8, 4) is 5.75 Å². The maximum atomic E-state index is 14.4. The average Bonchev–Trinajstić information content (AvgIpc) is 4.18. The molecule has 1 aromatic heterocycles. The number of nitrogens with one attached hydrogen (secondary N) is 5. The molecule has 0 saturated carbocycles. The van der Waals surface area contributed by atoms with Gasteiger partial charge < -0.3 is 50.8 Å². The van der Waals surface area contributed by atoms with Crippen LogP contribution in [-0.2, 0) is 59.0 Å². The second-order valence-corrected chi connectivity index (χ2v) is 25.5. The van der Waals surface area contributed by atoms with Gasteiger partial charge in [0.05, 0.1) is 11.2 Å². The van der Waals surface area contributed by atoms with Crippen molar-refractivity contribution in [1.82, 2.24) is 41.0 Å². The summed E-state index contributed by atoms with van der Waals surface area (Å²) in [5.41, 5.74) is -1.96. The van der Waals surface area contributed by atoms with Crippen molar-refractivity contribution in [3.63, 3.8) is 0 Å². The van der Waals surface area contributed by atoms with Crippen molar-refractivity contribution >= 4 is 76.4 Å². The van der Waals surface area contributed by atoms with E-state index in [1.807, 2.05) is 27.7 Å². The number of hydrogen-bond acceptors (Lipinski definition) is 17. The molecule has 0 spiro atoms. The van der Waals surface area contributed by atoms with Crippen LogP contribution in [0, 0.1) is 17.8 Å². The molecule has 0 saturated heterocycles. The number of aromatic hydroxyl groups is 1. The Bertz CT molecular complexity index is 2660. The number of esters is 2. The maximum Gasteiger partial charge on any atom is 0.407 e. The second kappa shape index (κ2) is 31.8. The number of imide groups is 1. The van der Waals surface area contributed by atoms with E-state index < -0.39 is 100 Å². The summed E-state index contributed by atoms with van der Waals surface area (Å²) >= 11 is 1.07. The molecular formula is C60H93N9O14S. The van der Waals surface area contributed by atoms with E-state index in [1.165, 1.54) is 24.4 Å². The highest BCUT2D eigenvalue weighted by molar-refractivity contribution is 7.09. The predicted octanol–water partition coefficient (Wildman–Crippen LogP) is 6.73. The minimum atomic E-state index is -1.07. The number of benzene rings is 1. The Balaban J connectivity index is 1.96. The van der Waals surface area contributed by atoms with Gasteiger partial charge in [0.1, 0.15) is 39.7 Å². The quantitative estimate of drug-likeness (QED) is 0.0150. The smallest absolute Gasteiger partial charge is 0.407 e. The van der Waals surface area contributed by atoms with Crippen LogP contribution in [0.15, 0.2) is 35.7 Å². The number of ether oxygens (including phenoxy) is 3. The van der Waals surface area contributed by atoms with Gasteiger partial charge in [0, 0.05) is 75.4 Å². The first-order valence-electron chi connectivity index (χ1n) is 28.8. The van der Waals surface area contributed by atoms with Crippen LogP contribution >= 0.6 is 11.3 Å². The fourth-order valence-electron chi connectivity index (χ4n) is 8.88. The number of unbranched alkanes of at least 4 members (excludes halogenated alkanes) is 1. The Hall–Kier alpha value is -6.95. The van der Waals surface area contributed by atoms with Crippen LogP contribution in [0.2, 0.25) is 0 Å². The highest BCUT2D eigenvalue weighted by atomic mass is 32.1. The number of amides is 8. The Labute approximate surface area is 499 Å². The van der Waals surface area contributed by atoms with E-state index in [1.54, 1.807) is 99.3 Å². The van der Waals surface area contributed by atoms with E-state index in [0.717, 1.165) is 28.4 Å². The fourth-order valence-corrected chi connectivity index (χ4v) is 9.72. The maximum absolute atomic E-state index is 14.4. The molecule has 2 heterocycles. The largest absolute Gasteiger partial charge is 0.506 e. The molecule has 0 aliphatic carbocycles. The summed E-state index contributed by atoms with van der Waals surface area (Å²) in [7, 11) is 5.22. The van der Waals surface area contributed by atoms with Crippen LogP contribution < -0.4 is 26.6 Å². The standard InChI is InChI=1S/C60H93N9O14S/c1-18-36(4)50(66-56(79)60(13,14)67(15)16)54(77)68(17)44(35(2)3)33-46(81-38(6)70)53-65-43(34-84-53)52(76)62-40(31-39-24-25-45(71)42(32-39)63-47(72)23-21-29-69-48(73)26-27-49(69)74)30-37(5)51(75)64-41(55(78)82-58(7,8)9)22-19-20-28-61-57(80)83-59(10,11)12/h24-27,32,34-37,40-41,44,46,50,71H,18-23,28-31,33H2,1-17H3,(H,61,80)(H,62,76)(H,63,72)(H,64,75)(H,66,79)/t36-,37?,40+,41?,44+,46+,50-/m0/s1. The van der Waals surface area contributed by atoms with Gasteiger partial charge in [-0.1, -0.05) is 47.1 Å². The molecule has 2 unspecified atom stereocenters. The van der Waals surface area contributed by atoms with Gasteiger partial charge in [-0.2, -0.15) is 0 Å². The number of phenols is 1. The number of anilines is 1. The summed E-state index contributed by atoms with van der Waals surface area (Å²) in [6.07, 6.45) is 2.57. The summed E-state index contributed by atoms with van der Waals surface area (Å²) in [6, 6.07) is 1.17. The number of aromatic nitrogens is 1. The van der Waals surface area contributed by atoms with Gasteiger partial charge in [0.25, 0.3) is 17.7 Å². The summed E-state index contributed by atoms with van der Waals surface area (Å²) in [5, 5.41) is 26.8. The molecule has 3 rings (SSSR count). The van der Waals surface area contributed by atoms with E-state index in [-0.39, 0.29) is 97.4 Å². The van der Waals surface area contributed by atoms with E-state index in [4.69, 9.17) is 14.2 Å². The lowest BCUT2D eigenvalue weighted by Gasteiger charge is -2.38. The lowest BCUT2D eigenvalue weighted by molar-refractivity contribution is -0.159. The van der Waals surface area contributed by atoms with Crippen molar-refractivity contribution in [2.24, 2.45) is 17.8 Å². The molecule has 7 atom stereocenters. The Morgan fingerprint density at radius 1 is 0.821 bits per heavy atom. The van der Waals surface area contributed by atoms with E-state index in [9.17, 15) is 53.1 Å². The third-order valence-corrected chi connectivity index (χ3v) is 15.3. The summed E-state index contributed by atoms with van der Waals surface area (Å²) < 4.78 is 16.9. The number of hydrogen-bond donors (Lipinski definition) is 6. The number of phenolic OH excluding ortho intramolecular Hbond substituents is 1. The van der Waals surface area contributed by atoms with Gasteiger partial charge in [-0.3, -0.25) is 48.2 Å². The van der Waals surface area contributed by atoms with Crippen molar-refractivity contribution in [2.45, 2.75) is 202 Å². The summed E-state index contributed by atoms with van der Waals surface area (Å²) in [5.74, 6) is -6.07. The second-order valence-electron chi connectivity index (χ2n) is 24.7. The molecule has 23 nitrogen and oxygen atoms in total. The third-order valence-electron chi connectivity index (χ3n) is 14.4. The van der Waals surface area contributed by atoms with Gasteiger partial charge in [0.15, 0.2) is 6.10 Å². The highest BCUT2D eigenvalue weighted by Gasteiger charge is 2.39. The molecule has 8 amide bonds. The fraction of sp³-hybridized carbons (Fsp3) is 0.650. The zero-order valence-electron chi connectivity index (χ0n) is 52.3. The molecule has 24 heteroatoms. The molecule has 2 aromatic rings. The molecule has 468 valence electrons. The molecule has 1 aliphatic heterocycles. The van der Waals surface area contributed by atoms with Gasteiger partial charge >= 0.3 is 18.0 Å². The normalized spacial score (nSPS) is 15.3.